The molecule has 1 aliphatic heterocycles. The highest BCUT2D eigenvalue weighted by Gasteiger charge is 2.32. The molecule has 190 valence electrons. The molecule has 0 saturated carbocycles. The molecule has 4 rings (SSSR count). The Morgan fingerprint density at radius 2 is 1.86 bits per heavy atom. The summed E-state index contributed by atoms with van der Waals surface area (Å²) < 4.78 is 42.9. The topological polar surface area (TPSA) is 126 Å². The molecule has 36 heavy (non-hydrogen) atoms. The Bertz CT molecular complexity index is 1240. The largest absolute Gasteiger partial charge is 0.481 e. The SMILES string of the molecule is COc1cc(-c2cc(C(=O)N3CCC(C(=O)NCc4ncc(C(F)(F)F)cn4)CC3)[nH]n2)c(Cl)cn1. The zero-order valence-corrected chi connectivity index (χ0v) is 19.7. The molecule has 1 aliphatic rings. The molecule has 14 heteroatoms. The minimum absolute atomic E-state index is 0.0749. The summed E-state index contributed by atoms with van der Waals surface area (Å²) in [4.78, 5) is 38.3. The van der Waals surface area contributed by atoms with Crippen molar-refractivity contribution in [1.29, 1.82) is 0 Å². The van der Waals surface area contributed by atoms with Crippen LogP contribution in [-0.2, 0) is 17.5 Å². The number of piperidine rings is 1. The average Bonchev–Trinajstić information content (AvgIpc) is 3.37. The third-order valence-corrected chi connectivity index (χ3v) is 6.03. The van der Waals surface area contributed by atoms with Crippen LogP contribution in [0.1, 0.15) is 34.7 Å². The summed E-state index contributed by atoms with van der Waals surface area (Å²) in [6.07, 6.45) is -0.868. The van der Waals surface area contributed by atoms with Gasteiger partial charge in [0.2, 0.25) is 11.8 Å². The Morgan fingerprint density at radius 1 is 1.17 bits per heavy atom. The number of H-pyrrole nitrogens is 1. The number of methoxy groups -OCH3 is 1. The van der Waals surface area contributed by atoms with Crippen LogP contribution in [0.2, 0.25) is 5.02 Å². The smallest absolute Gasteiger partial charge is 0.419 e. The van der Waals surface area contributed by atoms with Gasteiger partial charge in [-0.2, -0.15) is 18.3 Å². The molecule has 0 atom stereocenters. The van der Waals surface area contributed by atoms with Crippen LogP contribution < -0.4 is 10.1 Å². The highest BCUT2D eigenvalue weighted by Crippen LogP contribution is 2.30. The number of hydrogen-bond donors (Lipinski definition) is 2. The van der Waals surface area contributed by atoms with Gasteiger partial charge in [-0.05, 0) is 18.9 Å². The number of hydrogen-bond acceptors (Lipinski definition) is 7. The van der Waals surface area contributed by atoms with Crippen LogP contribution in [-0.4, -0.2) is 62.1 Å². The highest BCUT2D eigenvalue weighted by atomic mass is 35.5. The Labute approximate surface area is 208 Å². The predicted octanol–water partition coefficient (Wildman–Crippen LogP) is 3.11. The van der Waals surface area contributed by atoms with E-state index in [2.05, 4.69) is 30.5 Å². The van der Waals surface area contributed by atoms with Crippen LogP contribution in [0.25, 0.3) is 11.3 Å². The molecule has 2 N–H and O–H groups in total. The molecule has 1 saturated heterocycles. The second-order valence-corrected chi connectivity index (χ2v) is 8.45. The molecule has 4 heterocycles. The Kier molecular flexibility index (Phi) is 7.38. The number of nitrogens with zero attached hydrogens (tertiary/aromatic N) is 5. The normalized spacial score (nSPS) is 14.5. The lowest BCUT2D eigenvalue weighted by Gasteiger charge is -2.31. The lowest BCUT2D eigenvalue weighted by molar-refractivity contribution is -0.138. The van der Waals surface area contributed by atoms with E-state index in [0.29, 0.717) is 60.5 Å². The van der Waals surface area contributed by atoms with Gasteiger partial charge < -0.3 is 15.0 Å². The number of alkyl halides is 3. The van der Waals surface area contributed by atoms with E-state index in [1.807, 2.05) is 0 Å². The van der Waals surface area contributed by atoms with Crippen LogP contribution in [0.5, 0.6) is 5.88 Å². The first-order chi connectivity index (χ1) is 17.2. The maximum absolute atomic E-state index is 12.9. The number of aromatic nitrogens is 5. The van der Waals surface area contributed by atoms with Crippen molar-refractivity contribution < 1.29 is 27.5 Å². The van der Waals surface area contributed by atoms with Gasteiger partial charge in [-0.1, -0.05) is 11.6 Å². The van der Waals surface area contributed by atoms with Crippen molar-refractivity contribution >= 4 is 23.4 Å². The van der Waals surface area contributed by atoms with Crippen molar-refractivity contribution in [2.75, 3.05) is 20.2 Å². The fourth-order valence-corrected chi connectivity index (χ4v) is 3.91. The number of amides is 2. The Balaban J connectivity index is 1.30. The number of aromatic amines is 1. The number of likely N-dealkylation sites (tertiary alicyclic amines) is 1. The average molecular weight is 524 g/mol. The Morgan fingerprint density at radius 3 is 2.50 bits per heavy atom. The lowest BCUT2D eigenvalue weighted by atomic mass is 9.95. The second kappa shape index (κ2) is 10.5. The van der Waals surface area contributed by atoms with Crippen molar-refractivity contribution in [3.8, 4) is 17.1 Å². The summed E-state index contributed by atoms with van der Waals surface area (Å²) in [6, 6.07) is 3.21. The van der Waals surface area contributed by atoms with Crippen LogP contribution >= 0.6 is 11.6 Å². The molecule has 0 bridgehead atoms. The molecule has 0 aliphatic carbocycles. The predicted molar refractivity (Wildman–Crippen MR) is 121 cm³/mol. The van der Waals surface area contributed by atoms with E-state index in [1.54, 1.807) is 17.0 Å². The molecule has 3 aromatic heterocycles. The molecule has 0 unspecified atom stereocenters. The van der Waals surface area contributed by atoms with Crippen LogP contribution in [0.15, 0.2) is 30.7 Å². The second-order valence-electron chi connectivity index (χ2n) is 8.04. The maximum atomic E-state index is 12.9. The summed E-state index contributed by atoms with van der Waals surface area (Å²) >= 11 is 6.20. The zero-order chi connectivity index (χ0) is 25.9. The third-order valence-electron chi connectivity index (χ3n) is 5.73. The van der Waals surface area contributed by atoms with E-state index in [0.717, 1.165) is 0 Å². The van der Waals surface area contributed by atoms with Crippen molar-refractivity contribution in [2.45, 2.75) is 25.6 Å². The van der Waals surface area contributed by atoms with E-state index in [-0.39, 0.29) is 35.8 Å². The van der Waals surface area contributed by atoms with Gasteiger partial charge in [0.15, 0.2) is 0 Å². The minimum atomic E-state index is -4.52. The number of ether oxygens (including phenoxy) is 1. The number of rotatable bonds is 6. The quantitative estimate of drug-likeness (QED) is 0.508. The standard InChI is InChI=1S/C22H21ClF3N7O3/c1-36-19-6-14(15(23)10-29-19)16-7-17(32-31-16)21(35)33-4-2-12(3-5-33)20(34)30-11-18-27-8-13(9-28-18)22(24,25)26/h6-10,12H,2-5,11H2,1H3,(H,30,34)(H,31,32). The first-order valence-electron chi connectivity index (χ1n) is 10.9. The van der Waals surface area contributed by atoms with Crippen LogP contribution in [0, 0.1) is 5.92 Å². The van der Waals surface area contributed by atoms with Crippen molar-refractivity contribution in [3.05, 3.63) is 52.8 Å². The molecular formula is C22H21ClF3N7O3. The number of nitrogens with one attached hydrogen (secondary N) is 2. The highest BCUT2D eigenvalue weighted by molar-refractivity contribution is 6.33. The minimum Gasteiger partial charge on any atom is -0.481 e. The molecule has 3 aromatic rings. The zero-order valence-electron chi connectivity index (χ0n) is 19.0. The van der Waals surface area contributed by atoms with Crippen LogP contribution in [0.3, 0.4) is 0 Å². The molecule has 10 nitrogen and oxygen atoms in total. The van der Waals surface area contributed by atoms with Gasteiger partial charge in [-0.3, -0.25) is 14.7 Å². The molecule has 0 aromatic carbocycles. The van der Waals surface area contributed by atoms with Gasteiger partial charge in [-0.15, -0.1) is 0 Å². The van der Waals surface area contributed by atoms with Gasteiger partial charge >= 0.3 is 6.18 Å². The van der Waals surface area contributed by atoms with E-state index in [4.69, 9.17) is 16.3 Å². The summed E-state index contributed by atoms with van der Waals surface area (Å²) in [6.45, 7) is 0.618. The van der Waals surface area contributed by atoms with Crippen molar-refractivity contribution in [1.82, 2.24) is 35.4 Å². The summed E-state index contributed by atoms with van der Waals surface area (Å²) in [5.74, 6) is -0.441. The first kappa shape index (κ1) is 25.4. The van der Waals surface area contributed by atoms with Gasteiger partial charge in [0, 0.05) is 43.0 Å². The summed E-state index contributed by atoms with van der Waals surface area (Å²) in [7, 11) is 1.48. The summed E-state index contributed by atoms with van der Waals surface area (Å²) in [5.41, 5.74) is 0.344. The number of carbonyl (C=O) groups excluding carboxylic acids is 2. The first-order valence-corrected chi connectivity index (χ1v) is 11.2. The van der Waals surface area contributed by atoms with Gasteiger partial charge in [0.1, 0.15) is 11.5 Å². The van der Waals surface area contributed by atoms with E-state index >= 15 is 0 Å². The molecule has 2 amide bonds. The number of pyridine rings is 1. The summed E-state index contributed by atoms with van der Waals surface area (Å²) in [5, 5.41) is 9.90. The fraction of sp³-hybridized carbons (Fsp3) is 0.364. The lowest BCUT2D eigenvalue weighted by Crippen LogP contribution is -2.43. The third kappa shape index (κ3) is 5.73. The number of carbonyl (C=O) groups is 2. The maximum Gasteiger partial charge on any atom is 0.419 e. The van der Waals surface area contributed by atoms with Crippen LogP contribution in [0.4, 0.5) is 13.2 Å². The molecule has 0 spiro atoms. The van der Waals surface area contributed by atoms with E-state index < -0.39 is 11.7 Å². The van der Waals surface area contributed by atoms with E-state index in [9.17, 15) is 22.8 Å². The van der Waals surface area contributed by atoms with E-state index in [1.165, 1.54) is 13.3 Å². The molecule has 0 radical (unpaired) electrons. The van der Waals surface area contributed by atoms with Crippen molar-refractivity contribution in [2.24, 2.45) is 5.92 Å². The van der Waals surface area contributed by atoms with Gasteiger partial charge in [0.25, 0.3) is 5.91 Å². The monoisotopic (exact) mass is 523 g/mol. The van der Waals surface area contributed by atoms with Crippen molar-refractivity contribution in [3.63, 3.8) is 0 Å². The molecular weight excluding hydrogens is 503 g/mol. The molecule has 1 fully saturated rings. The fourth-order valence-electron chi connectivity index (χ4n) is 3.71. The number of halogens is 4. The Hall–Kier alpha value is -3.74. The van der Waals surface area contributed by atoms with Gasteiger partial charge in [0.05, 0.1) is 36.1 Å². The van der Waals surface area contributed by atoms with Gasteiger partial charge in [-0.25, -0.2) is 15.0 Å².